The molecule has 2 heterocycles. The van der Waals surface area contributed by atoms with Crippen LogP contribution in [-0.4, -0.2) is 32.3 Å². The summed E-state index contributed by atoms with van der Waals surface area (Å²) in [4.78, 5) is 18.6. The Kier molecular flexibility index (Phi) is 2.00. The van der Waals surface area contributed by atoms with Gasteiger partial charge in [-0.25, -0.2) is 4.98 Å². The topological polar surface area (TPSA) is 86.2 Å². The summed E-state index contributed by atoms with van der Waals surface area (Å²) in [6, 6.07) is 3.63. The largest absolute Gasteiger partial charge is 0.481 e. The van der Waals surface area contributed by atoms with E-state index in [1.165, 1.54) is 0 Å². The average molecular weight is 232 g/mol. The van der Waals surface area contributed by atoms with Gasteiger partial charge in [-0.3, -0.25) is 4.79 Å². The Morgan fingerprint density at radius 3 is 2.94 bits per heavy atom. The summed E-state index contributed by atoms with van der Waals surface area (Å²) < 4.78 is 0. The molecule has 2 aromatic heterocycles. The Morgan fingerprint density at radius 1 is 1.53 bits per heavy atom. The Morgan fingerprint density at radius 2 is 2.29 bits per heavy atom. The van der Waals surface area contributed by atoms with Gasteiger partial charge in [-0.15, -0.1) is 0 Å². The van der Waals surface area contributed by atoms with Gasteiger partial charge in [0.05, 0.1) is 11.5 Å². The van der Waals surface area contributed by atoms with E-state index in [4.69, 9.17) is 0 Å². The molecule has 17 heavy (non-hydrogen) atoms. The molecule has 0 amide bonds. The monoisotopic (exact) mass is 232 g/mol. The molecule has 3 N–H and O–H groups in total. The Balaban J connectivity index is 2.17. The van der Waals surface area contributed by atoms with E-state index in [1.54, 1.807) is 18.5 Å². The van der Waals surface area contributed by atoms with E-state index in [-0.39, 0.29) is 12.8 Å². The van der Waals surface area contributed by atoms with Crippen LogP contribution in [0.4, 0.5) is 0 Å². The molecule has 1 fully saturated rings. The highest BCUT2D eigenvalue weighted by Gasteiger charge is 2.52. The van der Waals surface area contributed by atoms with Gasteiger partial charge in [0, 0.05) is 17.8 Å². The molecule has 3 rings (SSSR count). The third kappa shape index (κ3) is 1.29. The third-order valence-corrected chi connectivity index (χ3v) is 3.54. The quantitative estimate of drug-likeness (QED) is 0.722. The number of aliphatic carboxylic acids is 1. The summed E-state index contributed by atoms with van der Waals surface area (Å²) in [5.74, 6) is -0.882. The van der Waals surface area contributed by atoms with Crippen molar-refractivity contribution in [2.24, 2.45) is 0 Å². The predicted octanol–water partition coefficient (Wildman–Crippen LogP) is 1.04. The first-order valence-electron chi connectivity index (χ1n) is 5.47. The summed E-state index contributed by atoms with van der Waals surface area (Å²) >= 11 is 0. The number of pyridine rings is 1. The first-order chi connectivity index (χ1) is 8.13. The number of carbonyl (C=O) groups is 1. The highest BCUT2D eigenvalue weighted by molar-refractivity contribution is 5.91. The summed E-state index contributed by atoms with van der Waals surface area (Å²) in [5.41, 5.74) is 0.448. The lowest BCUT2D eigenvalue weighted by molar-refractivity contribution is -0.152. The molecule has 0 bridgehead atoms. The zero-order chi connectivity index (χ0) is 12.0. The van der Waals surface area contributed by atoms with Crippen molar-refractivity contribution < 1.29 is 15.0 Å². The zero-order valence-corrected chi connectivity index (χ0v) is 9.05. The van der Waals surface area contributed by atoms with E-state index in [9.17, 15) is 15.0 Å². The summed E-state index contributed by atoms with van der Waals surface area (Å²) in [6.45, 7) is 0. The van der Waals surface area contributed by atoms with Crippen LogP contribution >= 0.6 is 0 Å². The van der Waals surface area contributed by atoms with E-state index in [0.717, 1.165) is 10.9 Å². The van der Waals surface area contributed by atoms with E-state index in [2.05, 4.69) is 9.97 Å². The number of nitrogens with zero attached hydrogens (tertiary/aromatic N) is 1. The number of hydrogen-bond donors (Lipinski definition) is 3. The average Bonchev–Trinajstić information content (AvgIpc) is 2.68. The summed E-state index contributed by atoms with van der Waals surface area (Å²) in [6.07, 6.45) is 3.37. The van der Waals surface area contributed by atoms with Crippen LogP contribution in [0.2, 0.25) is 0 Å². The molecule has 0 unspecified atom stereocenters. The van der Waals surface area contributed by atoms with Crippen molar-refractivity contribution in [2.75, 3.05) is 0 Å². The maximum atomic E-state index is 11.4. The second-order valence-electron chi connectivity index (χ2n) is 4.55. The van der Waals surface area contributed by atoms with Gasteiger partial charge < -0.3 is 15.2 Å². The maximum Gasteiger partial charge on any atom is 0.314 e. The zero-order valence-electron chi connectivity index (χ0n) is 9.05. The molecule has 0 aromatic carbocycles. The fourth-order valence-corrected chi connectivity index (χ4v) is 2.61. The predicted molar refractivity (Wildman–Crippen MR) is 60.6 cm³/mol. The Hall–Kier alpha value is -1.88. The first-order valence-corrected chi connectivity index (χ1v) is 5.47. The van der Waals surface area contributed by atoms with Gasteiger partial charge in [0.1, 0.15) is 5.65 Å². The van der Waals surface area contributed by atoms with E-state index < -0.39 is 17.5 Å². The van der Waals surface area contributed by atoms with Gasteiger partial charge in [-0.05, 0) is 30.5 Å². The molecule has 0 radical (unpaired) electrons. The van der Waals surface area contributed by atoms with E-state index in [1.807, 2.05) is 6.07 Å². The van der Waals surface area contributed by atoms with Gasteiger partial charge in [-0.1, -0.05) is 0 Å². The molecular formula is C12H12N2O3. The minimum absolute atomic E-state index is 0.268. The minimum Gasteiger partial charge on any atom is -0.481 e. The van der Waals surface area contributed by atoms with E-state index >= 15 is 0 Å². The molecule has 0 saturated heterocycles. The molecule has 5 nitrogen and oxygen atoms in total. The van der Waals surface area contributed by atoms with E-state index in [0.29, 0.717) is 5.65 Å². The van der Waals surface area contributed by atoms with Crippen molar-refractivity contribution in [3.05, 3.63) is 30.1 Å². The van der Waals surface area contributed by atoms with Gasteiger partial charge in [0.25, 0.3) is 0 Å². The highest BCUT2D eigenvalue weighted by Crippen LogP contribution is 2.46. The number of carboxylic acid groups (broad SMARTS) is 1. The lowest BCUT2D eigenvalue weighted by Crippen LogP contribution is -2.50. The smallest absolute Gasteiger partial charge is 0.314 e. The van der Waals surface area contributed by atoms with Gasteiger partial charge in [-0.2, -0.15) is 0 Å². The number of H-pyrrole nitrogens is 1. The van der Waals surface area contributed by atoms with Crippen LogP contribution in [0, 0.1) is 0 Å². The maximum absolute atomic E-state index is 11.4. The molecule has 1 saturated carbocycles. The molecule has 0 spiro atoms. The number of aromatic amines is 1. The van der Waals surface area contributed by atoms with Crippen molar-refractivity contribution in [2.45, 2.75) is 24.4 Å². The normalized spacial score (nSPS) is 27.9. The molecule has 0 aliphatic heterocycles. The SMILES string of the molecule is O=C(O)C1(c2c[nH]c3ncccc23)CC(O)C1. The van der Waals surface area contributed by atoms with Crippen LogP contribution in [-0.2, 0) is 10.2 Å². The molecule has 88 valence electrons. The first kappa shape index (κ1) is 10.3. The number of hydrogen-bond acceptors (Lipinski definition) is 3. The third-order valence-electron chi connectivity index (χ3n) is 3.54. The molecule has 1 aliphatic rings. The number of aromatic nitrogens is 2. The van der Waals surface area contributed by atoms with Crippen molar-refractivity contribution >= 4 is 17.0 Å². The fraction of sp³-hybridized carbons (Fsp3) is 0.333. The Bertz CT molecular complexity index is 584. The molecule has 2 aromatic rings. The van der Waals surface area contributed by atoms with Crippen molar-refractivity contribution in [3.63, 3.8) is 0 Å². The minimum atomic E-state index is -0.958. The number of aliphatic hydroxyl groups is 1. The number of rotatable bonds is 2. The molecule has 1 aliphatic carbocycles. The lowest BCUT2D eigenvalue weighted by atomic mass is 9.63. The van der Waals surface area contributed by atoms with Crippen LogP contribution in [0.3, 0.4) is 0 Å². The second-order valence-corrected chi connectivity index (χ2v) is 4.55. The number of nitrogens with one attached hydrogen (secondary N) is 1. The Labute approximate surface area is 97.1 Å². The number of fused-ring (bicyclic) bond motifs is 1. The van der Waals surface area contributed by atoms with Crippen molar-refractivity contribution in [1.29, 1.82) is 0 Å². The van der Waals surface area contributed by atoms with Gasteiger partial charge >= 0.3 is 5.97 Å². The van der Waals surface area contributed by atoms with Crippen molar-refractivity contribution in [3.8, 4) is 0 Å². The van der Waals surface area contributed by atoms with Crippen molar-refractivity contribution in [1.82, 2.24) is 9.97 Å². The summed E-state index contributed by atoms with van der Waals surface area (Å²) in [5, 5.41) is 19.6. The number of carboxylic acids is 1. The van der Waals surface area contributed by atoms with Gasteiger partial charge in [0.15, 0.2) is 0 Å². The summed E-state index contributed by atoms with van der Waals surface area (Å²) in [7, 11) is 0. The second kappa shape index (κ2) is 3.30. The van der Waals surface area contributed by atoms with Crippen LogP contribution in [0.25, 0.3) is 11.0 Å². The number of aliphatic hydroxyl groups excluding tert-OH is 1. The van der Waals surface area contributed by atoms with Crippen LogP contribution in [0.1, 0.15) is 18.4 Å². The van der Waals surface area contributed by atoms with Crippen LogP contribution in [0.5, 0.6) is 0 Å². The standard InChI is InChI=1S/C12H12N2O3/c15-7-4-12(5-7,11(16)17)9-6-14-10-8(9)2-1-3-13-10/h1-3,6-7,15H,4-5H2,(H,13,14)(H,16,17). The molecule has 5 heteroatoms. The molecule has 0 atom stereocenters. The highest BCUT2D eigenvalue weighted by atomic mass is 16.4. The van der Waals surface area contributed by atoms with Crippen LogP contribution in [0.15, 0.2) is 24.5 Å². The van der Waals surface area contributed by atoms with Crippen LogP contribution < -0.4 is 0 Å². The van der Waals surface area contributed by atoms with Gasteiger partial charge in [0.2, 0.25) is 0 Å². The molecular weight excluding hydrogens is 220 g/mol. The lowest BCUT2D eigenvalue weighted by Gasteiger charge is -2.41. The fourth-order valence-electron chi connectivity index (χ4n) is 2.61.